The van der Waals surface area contributed by atoms with Crippen molar-refractivity contribution in [1.82, 2.24) is 20.5 Å². The molecule has 3 aliphatic heterocycles. The topological polar surface area (TPSA) is 86.6 Å². The van der Waals surface area contributed by atoms with Gasteiger partial charge in [-0.3, -0.25) is 0 Å². The van der Waals surface area contributed by atoms with Gasteiger partial charge in [-0.25, -0.2) is 4.98 Å². The average Bonchev–Trinajstić information content (AvgIpc) is 3.10. The normalized spacial score (nSPS) is 27.2. The first-order valence-electron chi connectivity index (χ1n) is 12.7. The number of ether oxygens (including phenoxy) is 1. The predicted molar refractivity (Wildman–Crippen MR) is 142 cm³/mol. The zero-order chi connectivity index (χ0) is 25.1. The molecular formula is C28H34N6O2. The van der Waals surface area contributed by atoms with Crippen molar-refractivity contribution >= 4 is 11.5 Å². The number of anilines is 2. The van der Waals surface area contributed by atoms with Gasteiger partial charge in [-0.05, 0) is 74.9 Å². The molecule has 0 aliphatic carbocycles. The zero-order valence-electron chi connectivity index (χ0n) is 21.5. The van der Waals surface area contributed by atoms with Crippen LogP contribution in [-0.4, -0.2) is 64.7 Å². The van der Waals surface area contributed by atoms with Crippen molar-refractivity contribution in [2.24, 2.45) is 0 Å². The van der Waals surface area contributed by atoms with Gasteiger partial charge in [-0.2, -0.15) is 0 Å². The Hall–Kier alpha value is -3.39. The van der Waals surface area contributed by atoms with Gasteiger partial charge in [-0.15, -0.1) is 10.2 Å². The van der Waals surface area contributed by atoms with Gasteiger partial charge < -0.3 is 25.0 Å². The molecule has 0 amide bonds. The first-order chi connectivity index (χ1) is 17.3. The summed E-state index contributed by atoms with van der Waals surface area (Å²) in [7, 11) is 3.70. The minimum absolute atomic E-state index is 0.170. The third-order valence-corrected chi connectivity index (χ3v) is 8.31. The molecule has 2 fully saturated rings. The number of rotatable bonds is 4. The highest BCUT2D eigenvalue weighted by Gasteiger charge is 2.50. The third kappa shape index (κ3) is 3.93. The van der Waals surface area contributed by atoms with E-state index in [1.54, 1.807) is 19.4 Å². The van der Waals surface area contributed by atoms with Crippen molar-refractivity contribution in [3.05, 3.63) is 42.6 Å². The van der Waals surface area contributed by atoms with Crippen molar-refractivity contribution in [2.75, 3.05) is 37.0 Å². The zero-order valence-corrected chi connectivity index (χ0v) is 21.5. The fourth-order valence-electron chi connectivity index (χ4n) is 6.50. The number of fused-ring (bicyclic) bond motifs is 3. The Balaban J connectivity index is 1.31. The molecule has 2 saturated heterocycles. The summed E-state index contributed by atoms with van der Waals surface area (Å²) in [5, 5.41) is 24.2. The Morgan fingerprint density at radius 2 is 1.75 bits per heavy atom. The van der Waals surface area contributed by atoms with E-state index in [-0.39, 0.29) is 16.8 Å². The number of nitrogens with zero attached hydrogens (tertiary/aromatic N) is 5. The van der Waals surface area contributed by atoms with Crippen LogP contribution in [0, 0.1) is 0 Å². The third-order valence-electron chi connectivity index (χ3n) is 8.31. The molecule has 0 unspecified atom stereocenters. The molecule has 0 spiro atoms. The SMILES string of the molecule is COc1cc(-c2ccc(-c3cc4c(nn3)N([C@H]3C[C@]5(C)CC[C@](C)(C3)N5)CCN4C)c(O)c2)ccn1. The van der Waals surface area contributed by atoms with Gasteiger partial charge in [0, 0.05) is 55.1 Å². The molecule has 8 nitrogen and oxygen atoms in total. The maximum Gasteiger partial charge on any atom is 0.213 e. The van der Waals surface area contributed by atoms with Crippen LogP contribution in [0.25, 0.3) is 22.4 Å². The summed E-state index contributed by atoms with van der Waals surface area (Å²) in [4.78, 5) is 8.89. The number of pyridine rings is 1. The molecule has 6 rings (SSSR count). The minimum atomic E-state index is 0.170. The molecule has 0 saturated carbocycles. The van der Waals surface area contributed by atoms with E-state index in [9.17, 15) is 5.11 Å². The molecule has 5 heterocycles. The standard InChI is InChI=1S/C28H34N6O2/c1-27-8-9-28(2,32-27)17-20(16-27)34-12-11-33(3)23-15-22(30-31-26(23)34)21-6-5-18(13-24(21)35)19-7-10-29-25(14-19)36-4/h5-7,10,13-15,20,32,35H,8-9,11-12,16-17H2,1-4H3/t20-,27-,28+. The number of benzene rings is 1. The molecule has 36 heavy (non-hydrogen) atoms. The Morgan fingerprint density at radius 3 is 2.47 bits per heavy atom. The van der Waals surface area contributed by atoms with Crippen LogP contribution in [0.3, 0.4) is 0 Å². The van der Waals surface area contributed by atoms with E-state index in [2.05, 4.69) is 52.2 Å². The van der Waals surface area contributed by atoms with Crippen molar-refractivity contribution < 1.29 is 9.84 Å². The second-order valence-electron chi connectivity index (χ2n) is 11.2. The smallest absolute Gasteiger partial charge is 0.213 e. The maximum absolute atomic E-state index is 10.9. The Labute approximate surface area is 212 Å². The van der Waals surface area contributed by atoms with Crippen molar-refractivity contribution in [3.8, 4) is 34.0 Å². The van der Waals surface area contributed by atoms with Gasteiger partial charge in [-0.1, -0.05) is 6.07 Å². The molecular weight excluding hydrogens is 452 g/mol. The summed E-state index contributed by atoms with van der Waals surface area (Å²) in [5.41, 5.74) is 4.60. The number of phenolic OH excluding ortho intramolecular Hbond substituents is 1. The van der Waals surface area contributed by atoms with Crippen LogP contribution in [0.2, 0.25) is 0 Å². The van der Waals surface area contributed by atoms with E-state index in [0.717, 1.165) is 48.6 Å². The minimum Gasteiger partial charge on any atom is -0.507 e. The summed E-state index contributed by atoms with van der Waals surface area (Å²) >= 11 is 0. The van der Waals surface area contributed by atoms with Crippen LogP contribution in [-0.2, 0) is 0 Å². The quantitative estimate of drug-likeness (QED) is 0.566. The van der Waals surface area contributed by atoms with Crippen LogP contribution < -0.4 is 19.9 Å². The van der Waals surface area contributed by atoms with Crippen molar-refractivity contribution in [3.63, 3.8) is 0 Å². The van der Waals surface area contributed by atoms with Gasteiger partial charge in [0.15, 0.2) is 5.82 Å². The van der Waals surface area contributed by atoms with E-state index >= 15 is 0 Å². The molecule has 2 aromatic heterocycles. The summed E-state index contributed by atoms with van der Waals surface area (Å²) in [6.45, 7) is 6.61. The van der Waals surface area contributed by atoms with E-state index in [4.69, 9.17) is 9.84 Å². The molecule has 0 radical (unpaired) electrons. The summed E-state index contributed by atoms with van der Waals surface area (Å²) < 4.78 is 5.24. The lowest BCUT2D eigenvalue weighted by atomic mass is 9.84. The Bertz CT molecular complexity index is 1300. The highest BCUT2D eigenvalue weighted by Crippen LogP contribution is 2.46. The second kappa shape index (κ2) is 8.34. The number of aromatic nitrogens is 3. The van der Waals surface area contributed by atoms with Crippen LogP contribution in [0.4, 0.5) is 11.5 Å². The summed E-state index contributed by atoms with van der Waals surface area (Å²) in [6, 6.07) is 11.9. The highest BCUT2D eigenvalue weighted by atomic mass is 16.5. The van der Waals surface area contributed by atoms with E-state index in [0.29, 0.717) is 23.2 Å². The molecule has 3 aliphatic rings. The number of methoxy groups -OCH3 is 1. The van der Waals surface area contributed by atoms with E-state index in [1.165, 1.54) is 12.8 Å². The van der Waals surface area contributed by atoms with Crippen LogP contribution in [0.15, 0.2) is 42.6 Å². The highest BCUT2D eigenvalue weighted by molar-refractivity contribution is 5.79. The first kappa shape index (κ1) is 23.0. The lowest BCUT2D eigenvalue weighted by Gasteiger charge is -2.48. The number of phenols is 1. The maximum atomic E-state index is 10.9. The van der Waals surface area contributed by atoms with Gasteiger partial charge in [0.05, 0.1) is 18.5 Å². The average molecular weight is 487 g/mol. The second-order valence-corrected chi connectivity index (χ2v) is 11.2. The number of hydrogen-bond donors (Lipinski definition) is 2. The van der Waals surface area contributed by atoms with E-state index in [1.807, 2.05) is 24.3 Å². The molecule has 1 aromatic carbocycles. The predicted octanol–water partition coefficient (Wildman–Crippen LogP) is 4.24. The van der Waals surface area contributed by atoms with Crippen molar-refractivity contribution in [2.45, 2.75) is 56.7 Å². The monoisotopic (exact) mass is 486 g/mol. The molecule has 2 N–H and O–H groups in total. The van der Waals surface area contributed by atoms with Gasteiger partial charge in [0.1, 0.15) is 5.75 Å². The van der Waals surface area contributed by atoms with Gasteiger partial charge in [0.2, 0.25) is 5.88 Å². The van der Waals surface area contributed by atoms with Crippen LogP contribution in [0.1, 0.15) is 39.5 Å². The Morgan fingerprint density at radius 1 is 1.00 bits per heavy atom. The lowest BCUT2D eigenvalue weighted by Crippen LogP contribution is -2.60. The van der Waals surface area contributed by atoms with Gasteiger partial charge >= 0.3 is 0 Å². The number of aromatic hydroxyl groups is 1. The molecule has 2 bridgehead atoms. The molecule has 8 heteroatoms. The van der Waals surface area contributed by atoms with Crippen LogP contribution >= 0.6 is 0 Å². The number of nitrogens with one attached hydrogen (secondary N) is 1. The number of piperidine rings is 1. The van der Waals surface area contributed by atoms with Crippen molar-refractivity contribution in [1.29, 1.82) is 0 Å². The molecule has 3 atom stereocenters. The number of hydrogen-bond acceptors (Lipinski definition) is 8. The number of likely N-dealkylation sites (N-methyl/N-ethyl adjacent to an activating group) is 1. The van der Waals surface area contributed by atoms with Gasteiger partial charge in [0.25, 0.3) is 0 Å². The lowest BCUT2D eigenvalue weighted by molar-refractivity contribution is 0.204. The fourth-order valence-corrected chi connectivity index (χ4v) is 6.50. The largest absolute Gasteiger partial charge is 0.507 e. The molecule has 188 valence electrons. The molecule has 3 aromatic rings. The van der Waals surface area contributed by atoms with Crippen LogP contribution in [0.5, 0.6) is 11.6 Å². The fraction of sp³-hybridized carbons (Fsp3) is 0.464. The summed E-state index contributed by atoms with van der Waals surface area (Å²) in [5.74, 6) is 1.66. The Kier molecular flexibility index (Phi) is 5.33. The van der Waals surface area contributed by atoms with E-state index < -0.39 is 0 Å². The first-order valence-corrected chi connectivity index (χ1v) is 12.7. The summed E-state index contributed by atoms with van der Waals surface area (Å²) in [6.07, 6.45) is 6.40.